The van der Waals surface area contributed by atoms with Crippen molar-refractivity contribution in [3.8, 4) is 0 Å². The first-order chi connectivity index (χ1) is 7.66. The van der Waals surface area contributed by atoms with Crippen LogP contribution in [0.2, 0.25) is 0 Å². The van der Waals surface area contributed by atoms with Gasteiger partial charge in [0.2, 0.25) is 0 Å². The fourth-order valence-electron chi connectivity index (χ4n) is 2.13. The Labute approximate surface area is 97.2 Å². The molecule has 1 unspecified atom stereocenters. The number of hydrogen-bond acceptors (Lipinski definition) is 4. The second-order valence-corrected chi connectivity index (χ2v) is 4.36. The van der Waals surface area contributed by atoms with E-state index in [9.17, 15) is 4.79 Å². The maximum atomic E-state index is 12.3. The van der Waals surface area contributed by atoms with Crippen molar-refractivity contribution in [1.29, 1.82) is 0 Å². The van der Waals surface area contributed by atoms with Crippen molar-refractivity contribution in [2.24, 2.45) is 5.92 Å². The topological polar surface area (TPSA) is 44.8 Å². The van der Waals surface area contributed by atoms with Crippen molar-refractivity contribution in [2.75, 3.05) is 34.0 Å². The van der Waals surface area contributed by atoms with Crippen LogP contribution in [0.4, 0.5) is 0 Å². The van der Waals surface area contributed by atoms with E-state index in [1.807, 2.05) is 6.92 Å². The quantitative estimate of drug-likeness (QED) is 0.692. The number of rotatable bonds is 6. The largest absolute Gasteiger partial charge is 0.385 e. The molecule has 4 heteroatoms. The summed E-state index contributed by atoms with van der Waals surface area (Å²) in [6.45, 7) is 3.77. The van der Waals surface area contributed by atoms with Gasteiger partial charge in [-0.15, -0.1) is 0 Å². The molecule has 0 bridgehead atoms. The molecule has 1 aliphatic rings. The van der Waals surface area contributed by atoms with Crippen molar-refractivity contribution in [3.63, 3.8) is 0 Å². The molecule has 0 radical (unpaired) electrons. The summed E-state index contributed by atoms with van der Waals surface area (Å²) in [7, 11) is 3.27. The third-order valence-corrected chi connectivity index (χ3v) is 3.34. The minimum absolute atomic E-state index is 0.0157. The fourth-order valence-corrected chi connectivity index (χ4v) is 2.13. The van der Waals surface area contributed by atoms with E-state index in [0.717, 1.165) is 6.42 Å². The number of carbonyl (C=O) groups is 1. The Morgan fingerprint density at radius 3 is 2.50 bits per heavy atom. The molecule has 0 spiro atoms. The lowest BCUT2D eigenvalue weighted by atomic mass is 9.82. The van der Waals surface area contributed by atoms with Crippen LogP contribution in [0, 0.1) is 5.92 Å². The maximum Gasteiger partial charge on any atom is 0.167 e. The van der Waals surface area contributed by atoms with Crippen molar-refractivity contribution >= 4 is 5.78 Å². The first-order valence-corrected chi connectivity index (χ1v) is 5.82. The minimum Gasteiger partial charge on any atom is -0.385 e. The highest BCUT2D eigenvalue weighted by Crippen LogP contribution is 2.29. The molecule has 16 heavy (non-hydrogen) atoms. The van der Waals surface area contributed by atoms with Gasteiger partial charge < -0.3 is 14.2 Å². The lowest BCUT2D eigenvalue weighted by molar-refractivity contribution is -0.156. The normalized spacial score (nSPS) is 21.7. The van der Waals surface area contributed by atoms with Gasteiger partial charge in [0.15, 0.2) is 5.78 Å². The molecule has 1 fully saturated rings. The van der Waals surface area contributed by atoms with Crippen molar-refractivity contribution in [3.05, 3.63) is 0 Å². The Balaban J connectivity index is 2.60. The number of methoxy groups -OCH3 is 2. The zero-order valence-corrected chi connectivity index (χ0v) is 10.5. The zero-order valence-electron chi connectivity index (χ0n) is 10.5. The molecular formula is C12H22O4. The Kier molecular flexibility index (Phi) is 5.38. The monoisotopic (exact) mass is 230 g/mol. The van der Waals surface area contributed by atoms with Gasteiger partial charge in [0.05, 0.1) is 0 Å². The van der Waals surface area contributed by atoms with Gasteiger partial charge in [-0.25, -0.2) is 0 Å². The van der Waals surface area contributed by atoms with Gasteiger partial charge in [-0.2, -0.15) is 0 Å². The molecule has 0 N–H and O–H groups in total. The number of ketones is 1. The molecule has 1 saturated heterocycles. The average molecular weight is 230 g/mol. The van der Waals surface area contributed by atoms with Crippen LogP contribution in [0.25, 0.3) is 0 Å². The van der Waals surface area contributed by atoms with Crippen LogP contribution < -0.4 is 0 Å². The highest BCUT2D eigenvalue weighted by atomic mass is 16.5. The van der Waals surface area contributed by atoms with Gasteiger partial charge in [-0.05, 0) is 6.42 Å². The first-order valence-electron chi connectivity index (χ1n) is 5.82. The van der Waals surface area contributed by atoms with E-state index in [0.29, 0.717) is 32.7 Å². The van der Waals surface area contributed by atoms with E-state index in [4.69, 9.17) is 14.2 Å². The molecule has 0 amide bonds. The summed E-state index contributed by atoms with van der Waals surface area (Å²) in [5.41, 5.74) is -0.620. The van der Waals surface area contributed by atoms with Crippen LogP contribution in [-0.2, 0) is 19.0 Å². The third-order valence-electron chi connectivity index (χ3n) is 3.34. The third kappa shape index (κ3) is 3.03. The van der Waals surface area contributed by atoms with E-state index in [1.54, 1.807) is 14.2 Å². The highest BCUT2D eigenvalue weighted by molar-refractivity contribution is 5.89. The summed E-state index contributed by atoms with van der Waals surface area (Å²) >= 11 is 0. The Morgan fingerprint density at radius 1 is 1.38 bits per heavy atom. The van der Waals surface area contributed by atoms with E-state index in [1.165, 1.54) is 0 Å². The predicted octanol–water partition coefficient (Wildman–Crippen LogP) is 1.42. The second kappa shape index (κ2) is 6.33. The molecule has 0 aromatic carbocycles. The zero-order chi connectivity index (χ0) is 12.0. The Hall–Kier alpha value is -0.450. The van der Waals surface area contributed by atoms with Gasteiger partial charge >= 0.3 is 0 Å². The lowest BCUT2D eigenvalue weighted by Crippen LogP contribution is -2.48. The molecular weight excluding hydrogens is 208 g/mol. The number of ether oxygens (including phenoxy) is 3. The SMILES string of the molecule is COCCC(C)C(=O)C1(OC)CCOCC1. The summed E-state index contributed by atoms with van der Waals surface area (Å²) in [4.78, 5) is 12.3. The molecule has 0 saturated carbocycles. The number of Topliss-reactive ketones (excluding diaryl/α,β-unsaturated/α-hetero) is 1. The Morgan fingerprint density at radius 2 is 2.00 bits per heavy atom. The van der Waals surface area contributed by atoms with Crippen molar-refractivity contribution in [2.45, 2.75) is 31.8 Å². The molecule has 0 aromatic heterocycles. The van der Waals surface area contributed by atoms with Crippen LogP contribution in [0.15, 0.2) is 0 Å². The van der Waals surface area contributed by atoms with Crippen LogP contribution in [-0.4, -0.2) is 45.4 Å². The fraction of sp³-hybridized carbons (Fsp3) is 0.917. The van der Waals surface area contributed by atoms with Gasteiger partial charge in [-0.1, -0.05) is 6.92 Å². The number of hydrogen-bond donors (Lipinski definition) is 0. The van der Waals surface area contributed by atoms with Gasteiger partial charge in [-0.3, -0.25) is 4.79 Å². The predicted molar refractivity (Wildman–Crippen MR) is 60.5 cm³/mol. The van der Waals surface area contributed by atoms with Gasteiger partial charge in [0, 0.05) is 52.8 Å². The van der Waals surface area contributed by atoms with Gasteiger partial charge in [0.1, 0.15) is 5.60 Å². The average Bonchev–Trinajstić information content (AvgIpc) is 2.35. The molecule has 1 aliphatic heterocycles. The van der Waals surface area contributed by atoms with Crippen LogP contribution in [0.5, 0.6) is 0 Å². The lowest BCUT2D eigenvalue weighted by Gasteiger charge is -2.36. The summed E-state index contributed by atoms with van der Waals surface area (Å²) in [6, 6.07) is 0. The molecule has 0 aromatic rings. The Bertz CT molecular complexity index is 221. The second-order valence-electron chi connectivity index (χ2n) is 4.36. The molecule has 4 nitrogen and oxygen atoms in total. The number of carbonyl (C=O) groups excluding carboxylic acids is 1. The molecule has 0 aliphatic carbocycles. The summed E-state index contributed by atoms with van der Waals surface area (Å²) in [5.74, 6) is 0.174. The summed E-state index contributed by atoms with van der Waals surface area (Å²) in [6.07, 6.45) is 2.08. The molecule has 1 rings (SSSR count). The van der Waals surface area contributed by atoms with Crippen LogP contribution in [0.3, 0.4) is 0 Å². The smallest absolute Gasteiger partial charge is 0.167 e. The van der Waals surface area contributed by atoms with E-state index in [-0.39, 0.29) is 11.7 Å². The summed E-state index contributed by atoms with van der Waals surface area (Å²) in [5, 5.41) is 0. The van der Waals surface area contributed by atoms with E-state index >= 15 is 0 Å². The first kappa shape index (κ1) is 13.6. The van der Waals surface area contributed by atoms with Crippen molar-refractivity contribution in [1.82, 2.24) is 0 Å². The minimum atomic E-state index is -0.620. The van der Waals surface area contributed by atoms with Crippen LogP contribution in [0.1, 0.15) is 26.2 Å². The highest BCUT2D eigenvalue weighted by Gasteiger charge is 2.41. The van der Waals surface area contributed by atoms with Crippen LogP contribution >= 0.6 is 0 Å². The van der Waals surface area contributed by atoms with E-state index in [2.05, 4.69) is 0 Å². The molecule has 1 atom stereocenters. The van der Waals surface area contributed by atoms with E-state index < -0.39 is 5.60 Å². The maximum absolute atomic E-state index is 12.3. The standard InChI is InChI=1S/C12H22O4/c1-10(4-7-14-2)11(13)12(15-3)5-8-16-9-6-12/h10H,4-9H2,1-3H3. The summed E-state index contributed by atoms with van der Waals surface area (Å²) < 4.78 is 15.8. The van der Waals surface area contributed by atoms with Gasteiger partial charge in [0.25, 0.3) is 0 Å². The molecule has 94 valence electrons. The molecule has 1 heterocycles. The van der Waals surface area contributed by atoms with Crippen molar-refractivity contribution < 1.29 is 19.0 Å².